The predicted molar refractivity (Wildman–Crippen MR) is 81.5 cm³/mol. The zero-order valence-electron chi connectivity index (χ0n) is 11.3. The molecule has 0 aromatic heterocycles. The number of ether oxygens (including phenoxy) is 1. The number of nitrogens with one attached hydrogen (secondary N) is 1. The van der Waals surface area contributed by atoms with Crippen molar-refractivity contribution in [2.45, 2.75) is 6.92 Å². The van der Waals surface area contributed by atoms with E-state index >= 15 is 0 Å². The van der Waals surface area contributed by atoms with Crippen LogP contribution in [0.25, 0.3) is 0 Å². The lowest BCUT2D eigenvalue weighted by Gasteiger charge is -2.14. The van der Waals surface area contributed by atoms with Crippen molar-refractivity contribution in [2.75, 3.05) is 17.7 Å². The van der Waals surface area contributed by atoms with Crippen LogP contribution >= 0.6 is 11.6 Å². The number of anilines is 3. The highest BCUT2D eigenvalue weighted by Gasteiger charge is 2.16. The van der Waals surface area contributed by atoms with Gasteiger partial charge >= 0.3 is 5.97 Å². The number of nitrogens with two attached hydrogens (primary N) is 1. The number of para-hydroxylation sites is 1. The molecule has 0 aliphatic heterocycles. The Kier molecular flexibility index (Phi) is 4.65. The van der Waals surface area contributed by atoms with Crippen LogP contribution in [0.5, 0.6) is 0 Å². The molecule has 0 fully saturated rings. The van der Waals surface area contributed by atoms with Gasteiger partial charge in [-0.15, -0.1) is 0 Å². The van der Waals surface area contributed by atoms with Crippen LogP contribution in [0.15, 0.2) is 36.4 Å². The fraction of sp³-hybridized carbons (Fsp3) is 0.133. The van der Waals surface area contributed by atoms with Gasteiger partial charge in [-0.25, -0.2) is 9.18 Å². The van der Waals surface area contributed by atoms with Crippen molar-refractivity contribution in [1.82, 2.24) is 0 Å². The maximum absolute atomic E-state index is 13.1. The Morgan fingerprint density at radius 3 is 2.81 bits per heavy atom. The number of esters is 1. The summed E-state index contributed by atoms with van der Waals surface area (Å²) in [7, 11) is 0. The second-order valence-electron chi connectivity index (χ2n) is 4.24. The van der Waals surface area contributed by atoms with Crippen molar-refractivity contribution in [3.05, 3.63) is 52.8 Å². The van der Waals surface area contributed by atoms with Gasteiger partial charge in [0.2, 0.25) is 0 Å². The molecular weight excluding hydrogens is 295 g/mol. The van der Waals surface area contributed by atoms with E-state index in [2.05, 4.69) is 5.32 Å². The number of halogens is 2. The molecule has 0 aliphatic rings. The van der Waals surface area contributed by atoms with E-state index in [1.807, 2.05) is 0 Å². The summed E-state index contributed by atoms with van der Waals surface area (Å²) in [5, 5.41) is 3.14. The smallest absolute Gasteiger partial charge is 0.340 e. The second-order valence-corrected chi connectivity index (χ2v) is 4.65. The highest BCUT2D eigenvalue weighted by Crippen LogP contribution is 2.31. The molecule has 0 saturated heterocycles. The topological polar surface area (TPSA) is 64.3 Å². The van der Waals surface area contributed by atoms with Crippen LogP contribution in [0.2, 0.25) is 5.02 Å². The third kappa shape index (κ3) is 3.44. The number of rotatable bonds is 4. The van der Waals surface area contributed by atoms with E-state index < -0.39 is 11.8 Å². The minimum absolute atomic E-state index is 0.188. The molecule has 0 amide bonds. The third-order valence-electron chi connectivity index (χ3n) is 2.78. The standard InChI is InChI=1S/C15H14ClFN2O2/c1-2-21-15(20)10-4-3-5-12(18)14(10)19-13-7-6-9(17)8-11(13)16/h3-8,19H,2,18H2,1H3. The summed E-state index contributed by atoms with van der Waals surface area (Å²) >= 11 is 5.97. The van der Waals surface area contributed by atoms with Crippen molar-refractivity contribution in [1.29, 1.82) is 0 Å². The first kappa shape index (κ1) is 15.1. The number of benzene rings is 2. The monoisotopic (exact) mass is 308 g/mol. The van der Waals surface area contributed by atoms with Crippen LogP contribution in [0.4, 0.5) is 21.5 Å². The second kappa shape index (κ2) is 6.45. The van der Waals surface area contributed by atoms with Gasteiger partial charge in [0.05, 0.1) is 34.3 Å². The Labute approximate surface area is 126 Å². The number of carbonyl (C=O) groups is 1. The average Bonchev–Trinajstić information content (AvgIpc) is 2.43. The highest BCUT2D eigenvalue weighted by atomic mass is 35.5. The molecule has 2 aromatic rings. The Balaban J connectivity index is 2.41. The minimum Gasteiger partial charge on any atom is -0.462 e. The lowest BCUT2D eigenvalue weighted by Crippen LogP contribution is -2.09. The van der Waals surface area contributed by atoms with E-state index in [1.165, 1.54) is 18.2 Å². The first-order valence-electron chi connectivity index (χ1n) is 6.30. The van der Waals surface area contributed by atoms with Crippen LogP contribution < -0.4 is 11.1 Å². The molecule has 6 heteroatoms. The number of hydrogen-bond donors (Lipinski definition) is 2. The molecule has 0 atom stereocenters. The normalized spacial score (nSPS) is 10.2. The molecule has 110 valence electrons. The first-order valence-corrected chi connectivity index (χ1v) is 6.68. The average molecular weight is 309 g/mol. The Morgan fingerprint density at radius 2 is 2.14 bits per heavy atom. The molecule has 3 N–H and O–H groups in total. The predicted octanol–water partition coefficient (Wildman–Crippen LogP) is 3.98. The van der Waals surface area contributed by atoms with Gasteiger partial charge in [-0.2, -0.15) is 0 Å². The number of nitrogen functional groups attached to an aromatic ring is 1. The Bertz CT molecular complexity index is 677. The number of hydrogen-bond acceptors (Lipinski definition) is 4. The summed E-state index contributed by atoms with van der Waals surface area (Å²) < 4.78 is 18.0. The summed E-state index contributed by atoms with van der Waals surface area (Å²) in [6.07, 6.45) is 0. The van der Waals surface area contributed by atoms with Gasteiger partial charge < -0.3 is 15.8 Å². The van der Waals surface area contributed by atoms with Gasteiger partial charge in [-0.3, -0.25) is 0 Å². The van der Waals surface area contributed by atoms with Crippen LogP contribution in [0.1, 0.15) is 17.3 Å². The molecule has 0 spiro atoms. The molecule has 2 aromatic carbocycles. The zero-order chi connectivity index (χ0) is 15.4. The third-order valence-corrected chi connectivity index (χ3v) is 3.10. The molecule has 0 saturated carbocycles. The molecular formula is C15H14ClFN2O2. The maximum atomic E-state index is 13.1. The highest BCUT2D eigenvalue weighted by molar-refractivity contribution is 6.33. The van der Waals surface area contributed by atoms with E-state index in [4.69, 9.17) is 22.1 Å². The summed E-state index contributed by atoms with van der Waals surface area (Å²) in [5.41, 5.74) is 7.37. The van der Waals surface area contributed by atoms with Crippen molar-refractivity contribution in [2.24, 2.45) is 0 Å². The van der Waals surface area contributed by atoms with E-state index in [0.29, 0.717) is 17.1 Å². The van der Waals surface area contributed by atoms with Crippen LogP contribution in [-0.2, 0) is 4.74 Å². The van der Waals surface area contributed by atoms with E-state index in [0.717, 1.165) is 0 Å². The number of carbonyl (C=O) groups excluding carboxylic acids is 1. The van der Waals surface area contributed by atoms with Crippen LogP contribution in [0.3, 0.4) is 0 Å². The van der Waals surface area contributed by atoms with Crippen LogP contribution in [0, 0.1) is 5.82 Å². The van der Waals surface area contributed by atoms with Crippen LogP contribution in [-0.4, -0.2) is 12.6 Å². The molecule has 0 radical (unpaired) electrons. The Morgan fingerprint density at radius 1 is 1.38 bits per heavy atom. The lowest BCUT2D eigenvalue weighted by atomic mass is 10.1. The van der Waals surface area contributed by atoms with Crippen molar-refractivity contribution < 1.29 is 13.9 Å². The Hall–Kier alpha value is -2.27. The first-order chi connectivity index (χ1) is 10.0. The van der Waals surface area contributed by atoms with Crippen molar-refractivity contribution in [3.8, 4) is 0 Å². The van der Waals surface area contributed by atoms with Gasteiger partial charge in [-0.1, -0.05) is 17.7 Å². The summed E-state index contributed by atoms with van der Waals surface area (Å²) in [5.74, 6) is -0.942. The molecule has 21 heavy (non-hydrogen) atoms. The molecule has 0 bridgehead atoms. The zero-order valence-corrected chi connectivity index (χ0v) is 12.1. The van der Waals surface area contributed by atoms with Crippen molar-refractivity contribution in [3.63, 3.8) is 0 Å². The van der Waals surface area contributed by atoms with Gasteiger partial charge in [0.25, 0.3) is 0 Å². The largest absolute Gasteiger partial charge is 0.462 e. The fourth-order valence-electron chi connectivity index (χ4n) is 1.81. The molecule has 0 aliphatic carbocycles. The molecule has 0 heterocycles. The summed E-state index contributed by atoms with van der Waals surface area (Å²) in [6, 6.07) is 8.79. The van der Waals surface area contributed by atoms with E-state index in [9.17, 15) is 9.18 Å². The van der Waals surface area contributed by atoms with E-state index in [-0.39, 0.29) is 17.2 Å². The van der Waals surface area contributed by atoms with Gasteiger partial charge in [0, 0.05) is 0 Å². The van der Waals surface area contributed by atoms with E-state index in [1.54, 1.807) is 25.1 Å². The van der Waals surface area contributed by atoms with Gasteiger partial charge in [0.15, 0.2) is 0 Å². The molecule has 0 unspecified atom stereocenters. The minimum atomic E-state index is -0.495. The van der Waals surface area contributed by atoms with Gasteiger partial charge in [-0.05, 0) is 37.3 Å². The maximum Gasteiger partial charge on any atom is 0.340 e. The SMILES string of the molecule is CCOC(=O)c1cccc(N)c1Nc1ccc(F)cc1Cl. The summed E-state index contributed by atoms with van der Waals surface area (Å²) in [6.45, 7) is 1.97. The molecule has 2 rings (SSSR count). The van der Waals surface area contributed by atoms with Crippen molar-refractivity contribution >= 4 is 34.6 Å². The summed E-state index contributed by atoms with van der Waals surface area (Å²) in [4.78, 5) is 11.9. The fourth-order valence-corrected chi connectivity index (χ4v) is 2.03. The quantitative estimate of drug-likeness (QED) is 0.662. The van der Waals surface area contributed by atoms with Gasteiger partial charge in [0.1, 0.15) is 5.82 Å². The molecule has 4 nitrogen and oxygen atoms in total. The lowest BCUT2D eigenvalue weighted by molar-refractivity contribution is 0.0527.